The van der Waals surface area contributed by atoms with Gasteiger partial charge in [0.2, 0.25) is 0 Å². The minimum absolute atomic E-state index is 0.123. The predicted molar refractivity (Wildman–Crippen MR) is 102 cm³/mol. The summed E-state index contributed by atoms with van der Waals surface area (Å²) in [5.41, 5.74) is 1.61. The molecule has 5 nitrogen and oxygen atoms in total. The quantitative estimate of drug-likeness (QED) is 0.802. The molecule has 26 heavy (non-hydrogen) atoms. The maximum atomic E-state index is 12.7. The zero-order chi connectivity index (χ0) is 18.7. The number of carbonyl (C=O) groups excluding carboxylic acids is 1. The van der Waals surface area contributed by atoms with E-state index in [0.29, 0.717) is 18.7 Å². The number of amides is 1. The molecular weight excluding hydrogens is 372 g/mol. The van der Waals surface area contributed by atoms with Gasteiger partial charge in [-0.25, -0.2) is 8.42 Å². The van der Waals surface area contributed by atoms with E-state index in [1.807, 2.05) is 24.3 Å². The van der Waals surface area contributed by atoms with E-state index in [1.165, 1.54) is 17.7 Å². The molecule has 1 heterocycles. The first-order chi connectivity index (χ1) is 12.3. The highest BCUT2D eigenvalue weighted by atomic mass is 35.5. The number of nitrogens with zero attached hydrogens (tertiary/aromatic N) is 2. The maximum Gasteiger partial charge on any atom is 0.253 e. The predicted octanol–water partition coefficient (Wildman–Crippen LogP) is 2.70. The molecule has 1 saturated heterocycles. The van der Waals surface area contributed by atoms with Gasteiger partial charge in [-0.05, 0) is 35.9 Å². The van der Waals surface area contributed by atoms with Crippen LogP contribution in [0.5, 0.6) is 0 Å². The highest BCUT2D eigenvalue weighted by Crippen LogP contribution is 2.16. The van der Waals surface area contributed by atoms with Crippen molar-refractivity contribution in [1.29, 1.82) is 0 Å². The van der Waals surface area contributed by atoms with Crippen molar-refractivity contribution in [3.05, 3.63) is 64.7 Å². The number of hydrogen-bond donors (Lipinski definition) is 0. The van der Waals surface area contributed by atoms with Gasteiger partial charge in [0.25, 0.3) is 5.91 Å². The topological polar surface area (TPSA) is 57.7 Å². The van der Waals surface area contributed by atoms with Gasteiger partial charge in [0.1, 0.15) is 0 Å². The molecule has 0 bridgehead atoms. The summed E-state index contributed by atoms with van der Waals surface area (Å²) in [5, 5.41) is 0.723. The minimum Gasteiger partial charge on any atom is -0.336 e. The summed E-state index contributed by atoms with van der Waals surface area (Å²) in [4.78, 5) is 16.9. The van der Waals surface area contributed by atoms with Crippen molar-refractivity contribution in [3.63, 3.8) is 0 Å². The number of benzene rings is 2. The molecule has 0 saturated carbocycles. The molecule has 0 spiro atoms. The summed E-state index contributed by atoms with van der Waals surface area (Å²) in [5.74, 6) is -0.123. The fourth-order valence-corrected chi connectivity index (χ4v) is 3.79. The van der Waals surface area contributed by atoms with Gasteiger partial charge in [-0.15, -0.1) is 0 Å². The zero-order valence-electron chi connectivity index (χ0n) is 14.6. The van der Waals surface area contributed by atoms with Crippen LogP contribution in [0.2, 0.25) is 5.02 Å². The van der Waals surface area contributed by atoms with Crippen LogP contribution in [0, 0.1) is 0 Å². The summed E-state index contributed by atoms with van der Waals surface area (Å²) in [6, 6.07) is 14.0. The van der Waals surface area contributed by atoms with E-state index in [0.717, 1.165) is 30.9 Å². The van der Waals surface area contributed by atoms with Crippen LogP contribution in [0.25, 0.3) is 0 Å². The van der Waals surface area contributed by atoms with E-state index in [1.54, 1.807) is 17.0 Å². The van der Waals surface area contributed by atoms with Crippen LogP contribution in [0.15, 0.2) is 53.4 Å². The van der Waals surface area contributed by atoms with E-state index in [4.69, 9.17) is 11.6 Å². The Hall–Kier alpha value is -1.89. The first kappa shape index (κ1) is 18.9. The standard InChI is InChI=1S/C19H21ClN2O3S/c1-26(24,25)18-4-2-3-16(13-18)19(23)22-11-9-21(10-12-22)14-15-5-7-17(20)8-6-15/h2-8,13H,9-12,14H2,1H3. The van der Waals surface area contributed by atoms with E-state index in [-0.39, 0.29) is 10.8 Å². The van der Waals surface area contributed by atoms with Crippen LogP contribution in [0.4, 0.5) is 0 Å². The van der Waals surface area contributed by atoms with Crippen LogP contribution < -0.4 is 0 Å². The van der Waals surface area contributed by atoms with Crippen molar-refractivity contribution in [2.75, 3.05) is 32.4 Å². The molecule has 3 rings (SSSR count). The Balaban J connectivity index is 1.61. The van der Waals surface area contributed by atoms with Crippen molar-refractivity contribution >= 4 is 27.3 Å². The molecule has 1 aliphatic rings. The molecule has 0 radical (unpaired) electrons. The summed E-state index contributed by atoms with van der Waals surface area (Å²) in [6.07, 6.45) is 1.14. The Morgan fingerprint density at radius 2 is 1.69 bits per heavy atom. The van der Waals surface area contributed by atoms with E-state index in [9.17, 15) is 13.2 Å². The van der Waals surface area contributed by atoms with Crippen molar-refractivity contribution in [3.8, 4) is 0 Å². The average Bonchev–Trinajstić information content (AvgIpc) is 2.63. The van der Waals surface area contributed by atoms with Crippen molar-refractivity contribution < 1.29 is 13.2 Å². The van der Waals surface area contributed by atoms with Crippen LogP contribution in [-0.2, 0) is 16.4 Å². The number of halogens is 1. The number of hydrogen-bond acceptors (Lipinski definition) is 4. The van der Waals surface area contributed by atoms with Crippen LogP contribution >= 0.6 is 11.6 Å². The Morgan fingerprint density at radius 3 is 2.31 bits per heavy atom. The van der Waals surface area contributed by atoms with Gasteiger partial charge < -0.3 is 4.90 Å². The molecule has 138 valence electrons. The Bertz CT molecular complexity index is 889. The number of sulfone groups is 1. The molecular formula is C19H21ClN2O3S. The molecule has 0 unspecified atom stereocenters. The first-order valence-electron chi connectivity index (χ1n) is 8.39. The lowest BCUT2D eigenvalue weighted by Crippen LogP contribution is -2.48. The highest BCUT2D eigenvalue weighted by molar-refractivity contribution is 7.90. The first-order valence-corrected chi connectivity index (χ1v) is 10.7. The van der Waals surface area contributed by atoms with Crippen molar-refractivity contribution in [1.82, 2.24) is 9.80 Å². The van der Waals surface area contributed by atoms with Gasteiger partial charge >= 0.3 is 0 Å². The lowest BCUT2D eigenvalue weighted by atomic mass is 10.1. The summed E-state index contributed by atoms with van der Waals surface area (Å²) in [6.45, 7) is 3.62. The Labute approximate surface area is 159 Å². The summed E-state index contributed by atoms with van der Waals surface area (Å²) in [7, 11) is -3.32. The molecule has 1 aliphatic heterocycles. The van der Waals surface area contributed by atoms with Gasteiger partial charge in [0, 0.05) is 49.6 Å². The number of carbonyl (C=O) groups is 1. The molecule has 2 aromatic rings. The van der Waals surface area contributed by atoms with Gasteiger partial charge in [-0.1, -0.05) is 29.8 Å². The number of piperazine rings is 1. The second-order valence-electron chi connectivity index (χ2n) is 6.49. The van der Waals surface area contributed by atoms with Gasteiger partial charge in [-0.2, -0.15) is 0 Å². The van der Waals surface area contributed by atoms with E-state index in [2.05, 4.69) is 4.90 Å². The molecule has 0 aromatic heterocycles. The van der Waals surface area contributed by atoms with Crippen LogP contribution in [0.3, 0.4) is 0 Å². The minimum atomic E-state index is -3.32. The van der Waals surface area contributed by atoms with Crippen molar-refractivity contribution in [2.24, 2.45) is 0 Å². The highest BCUT2D eigenvalue weighted by Gasteiger charge is 2.23. The summed E-state index contributed by atoms with van der Waals surface area (Å²) < 4.78 is 23.4. The molecule has 1 fully saturated rings. The molecule has 2 aromatic carbocycles. The smallest absolute Gasteiger partial charge is 0.253 e. The maximum absolute atomic E-state index is 12.7. The monoisotopic (exact) mass is 392 g/mol. The lowest BCUT2D eigenvalue weighted by molar-refractivity contribution is 0.0628. The fourth-order valence-electron chi connectivity index (χ4n) is 3.00. The van der Waals surface area contributed by atoms with E-state index < -0.39 is 9.84 Å². The third kappa shape index (κ3) is 4.63. The zero-order valence-corrected chi connectivity index (χ0v) is 16.1. The number of rotatable bonds is 4. The molecule has 0 N–H and O–H groups in total. The Kier molecular flexibility index (Phi) is 5.65. The fraction of sp³-hybridized carbons (Fsp3) is 0.316. The largest absolute Gasteiger partial charge is 0.336 e. The molecule has 1 amide bonds. The molecule has 0 atom stereocenters. The normalized spacial score (nSPS) is 15.8. The van der Waals surface area contributed by atoms with Gasteiger partial charge in [0.05, 0.1) is 4.90 Å². The second kappa shape index (κ2) is 7.78. The van der Waals surface area contributed by atoms with Crippen molar-refractivity contribution in [2.45, 2.75) is 11.4 Å². The van der Waals surface area contributed by atoms with Gasteiger partial charge in [0.15, 0.2) is 9.84 Å². The lowest BCUT2D eigenvalue weighted by Gasteiger charge is -2.34. The summed E-state index contributed by atoms with van der Waals surface area (Å²) >= 11 is 5.91. The average molecular weight is 393 g/mol. The Morgan fingerprint density at radius 1 is 1.04 bits per heavy atom. The van der Waals surface area contributed by atoms with Crippen LogP contribution in [0.1, 0.15) is 15.9 Å². The molecule has 0 aliphatic carbocycles. The third-order valence-corrected chi connectivity index (χ3v) is 5.85. The second-order valence-corrected chi connectivity index (χ2v) is 8.95. The van der Waals surface area contributed by atoms with Crippen LogP contribution in [-0.4, -0.2) is 56.6 Å². The SMILES string of the molecule is CS(=O)(=O)c1cccc(C(=O)N2CCN(Cc3ccc(Cl)cc3)CC2)c1. The van der Waals surface area contributed by atoms with Gasteiger partial charge in [-0.3, -0.25) is 9.69 Å². The third-order valence-electron chi connectivity index (χ3n) is 4.49. The molecule has 7 heteroatoms. The van der Waals surface area contributed by atoms with E-state index >= 15 is 0 Å².